The lowest BCUT2D eigenvalue weighted by atomic mass is 10.0. The smallest absolute Gasteiger partial charge is 0.0682 e. The second-order valence-corrected chi connectivity index (χ2v) is 7.47. The third kappa shape index (κ3) is 4.34. The number of aromatic amines is 1. The van der Waals surface area contributed by atoms with Crippen LogP contribution in [0.15, 0.2) is 54.7 Å². The predicted octanol–water partition coefficient (Wildman–Crippen LogP) is 3.81. The minimum atomic E-state index is 0.107. The summed E-state index contributed by atoms with van der Waals surface area (Å²) in [6.07, 6.45) is 5.66. The van der Waals surface area contributed by atoms with Gasteiger partial charge < -0.3 is 15.0 Å². The molecule has 1 fully saturated rings. The molecule has 2 heterocycles. The van der Waals surface area contributed by atoms with Crippen molar-refractivity contribution in [2.45, 2.75) is 25.9 Å². The largest absolute Gasteiger partial charge is 0.392 e. The van der Waals surface area contributed by atoms with Gasteiger partial charge in [0.1, 0.15) is 0 Å². The van der Waals surface area contributed by atoms with Crippen LogP contribution in [0.4, 0.5) is 5.69 Å². The second kappa shape index (κ2) is 8.59. The highest BCUT2D eigenvalue weighted by Crippen LogP contribution is 2.22. The molecule has 4 nitrogen and oxygen atoms in total. The predicted molar refractivity (Wildman–Crippen MR) is 112 cm³/mol. The van der Waals surface area contributed by atoms with Crippen LogP contribution in [0.5, 0.6) is 0 Å². The zero-order chi connectivity index (χ0) is 18.5. The van der Waals surface area contributed by atoms with Gasteiger partial charge in [0.05, 0.1) is 6.61 Å². The number of aliphatic hydroxyl groups excluding tert-OH is 1. The highest BCUT2D eigenvalue weighted by molar-refractivity contribution is 5.83. The van der Waals surface area contributed by atoms with E-state index >= 15 is 0 Å². The molecule has 4 heteroatoms. The van der Waals surface area contributed by atoms with Crippen LogP contribution >= 0.6 is 0 Å². The van der Waals surface area contributed by atoms with Crippen LogP contribution in [-0.4, -0.2) is 47.7 Å². The Kier molecular flexibility index (Phi) is 5.75. The summed E-state index contributed by atoms with van der Waals surface area (Å²) in [5.41, 5.74) is 4.87. The minimum absolute atomic E-state index is 0.107. The second-order valence-electron chi connectivity index (χ2n) is 7.47. The van der Waals surface area contributed by atoms with E-state index in [1.165, 1.54) is 41.5 Å². The number of benzene rings is 2. The molecule has 1 aromatic heterocycles. The molecule has 27 heavy (non-hydrogen) atoms. The Balaban J connectivity index is 1.22. The molecule has 0 aliphatic carbocycles. The van der Waals surface area contributed by atoms with Gasteiger partial charge in [-0.3, -0.25) is 4.90 Å². The van der Waals surface area contributed by atoms with E-state index in [0.29, 0.717) is 0 Å². The minimum Gasteiger partial charge on any atom is -0.392 e. The van der Waals surface area contributed by atoms with E-state index < -0.39 is 0 Å². The molecule has 1 aliphatic heterocycles. The molecule has 1 saturated heterocycles. The Morgan fingerprint density at radius 3 is 2.52 bits per heavy atom. The molecule has 3 aromatic rings. The first-order valence-electron chi connectivity index (χ1n) is 10.1. The zero-order valence-electron chi connectivity index (χ0n) is 15.9. The summed E-state index contributed by atoms with van der Waals surface area (Å²) in [5.74, 6) is 0. The van der Waals surface area contributed by atoms with Gasteiger partial charge in [0.15, 0.2) is 0 Å². The quantitative estimate of drug-likeness (QED) is 0.628. The SMILES string of the molecule is OCc1ccc2[nH]cc(CCCCN3CCN(c4ccccc4)CC3)c2c1. The highest BCUT2D eigenvalue weighted by Gasteiger charge is 2.16. The van der Waals surface area contributed by atoms with Crippen LogP contribution in [0.2, 0.25) is 0 Å². The van der Waals surface area contributed by atoms with Crippen molar-refractivity contribution in [1.29, 1.82) is 0 Å². The van der Waals surface area contributed by atoms with E-state index in [0.717, 1.165) is 38.2 Å². The van der Waals surface area contributed by atoms with Crippen LogP contribution in [0, 0.1) is 0 Å². The third-order valence-corrected chi connectivity index (χ3v) is 5.68. The van der Waals surface area contributed by atoms with Crippen molar-refractivity contribution < 1.29 is 5.11 Å². The first kappa shape index (κ1) is 18.1. The normalized spacial score (nSPS) is 15.5. The summed E-state index contributed by atoms with van der Waals surface area (Å²) >= 11 is 0. The number of aromatic nitrogens is 1. The number of fused-ring (bicyclic) bond motifs is 1. The summed E-state index contributed by atoms with van der Waals surface area (Å²) in [4.78, 5) is 8.44. The van der Waals surface area contributed by atoms with Gasteiger partial charge >= 0.3 is 0 Å². The van der Waals surface area contributed by atoms with Crippen molar-refractivity contribution in [3.8, 4) is 0 Å². The number of nitrogens with one attached hydrogen (secondary N) is 1. The number of H-pyrrole nitrogens is 1. The average molecular weight is 364 g/mol. The molecule has 0 unspecified atom stereocenters. The van der Waals surface area contributed by atoms with Crippen molar-refractivity contribution in [2.75, 3.05) is 37.6 Å². The maximum atomic E-state index is 9.36. The average Bonchev–Trinajstić information content (AvgIpc) is 3.14. The van der Waals surface area contributed by atoms with Crippen LogP contribution in [0.25, 0.3) is 10.9 Å². The molecular weight excluding hydrogens is 334 g/mol. The van der Waals surface area contributed by atoms with Gasteiger partial charge in [-0.05, 0) is 61.2 Å². The van der Waals surface area contributed by atoms with Crippen molar-refractivity contribution >= 4 is 16.6 Å². The molecule has 0 spiro atoms. The summed E-state index contributed by atoms with van der Waals surface area (Å²) in [6, 6.07) is 16.9. The zero-order valence-corrected chi connectivity index (χ0v) is 15.9. The molecule has 1 aliphatic rings. The number of anilines is 1. The lowest BCUT2D eigenvalue weighted by Crippen LogP contribution is -2.46. The van der Waals surface area contributed by atoms with E-state index in [2.05, 4.69) is 63.4 Å². The van der Waals surface area contributed by atoms with Gasteiger partial charge in [-0.2, -0.15) is 0 Å². The first-order valence-corrected chi connectivity index (χ1v) is 10.1. The Labute approximate surface area is 161 Å². The Morgan fingerprint density at radius 2 is 1.74 bits per heavy atom. The van der Waals surface area contributed by atoms with E-state index in [9.17, 15) is 5.11 Å². The third-order valence-electron chi connectivity index (χ3n) is 5.68. The van der Waals surface area contributed by atoms with E-state index in [1.807, 2.05) is 6.07 Å². The van der Waals surface area contributed by atoms with Gasteiger partial charge in [-0.1, -0.05) is 24.3 Å². The van der Waals surface area contributed by atoms with Crippen molar-refractivity contribution in [2.24, 2.45) is 0 Å². The number of nitrogens with zero attached hydrogens (tertiary/aromatic N) is 2. The summed E-state index contributed by atoms with van der Waals surface area (Å²) in [6.45, 7) is 5.85. The number of hydrogen-bond donors (Lipinski definition) is 2. The Morgan fingerprint density at radius 1 is 0.926 bits per heavy atom. The highest BCUT2D eigenvalue weighted by atomic mass is 16.3. The van der Waals surface area contributed by atoms with Crippen molar-refractivity contribution in [1.82, 2.24) is 9.88 Å². The van der Waals surface area contributed by atoms with E-state index in [1.54, 1.807) is 0 Å². The molecule has 0 bridgehead atoms. The molecule has 0 radical (unpaired) electrons. The maximum absolute atomic E-state index is 9.36. The number of unbranched alkanes of at least 4 members (excludes halogenated alkanes) is 1. The van der Waals surface area contributed by atoms with Crippen LogP contribution < -0.4 is 4.90 Å². The number of aryl methyl sites for hydroxylation is 1. The molecule has 142 valence electrons. The van der Waals surface area contributed by atoms with Gasteiger partial charge in [0.2, 0.25) is 0 Å². The maximum Gasteiger partial charge on any atom is 0.0682 e. The van der Waals surface area contributed by atoms with Crippen LogP contribution in [-0.2, 0) is 13.0 Å². The number of aliphatic hydroxyl groups is 1. The fourth-order valence-corrected chi connectivity index (χ4v) is 4.05. The van der Waals surface area contributed by atoms with Gasteiger partial charge in [0.25, 0.3) is 0 Å². The number of piperazine rings is 1. The molecule has 2 aromatic carbocycles. The van der Waals surface area contributed by atoms with E-state index in [4.69, 9.17) is 0 Å². The van der Waals surface area contributed by atoms with Crippen LogP contribution in [0.3, 0.4) is 0 Å². The molecule has 0 amide bonds. The fourth-order valence-electron chi connectivity index (χ4n) is 4.05. The van der Waals surface area contributed by atoms with Gasteiger partial charge in [-0.15, -0.1) is 0 Å². The molecule has 0 saturated carbocycles. The topological polar surface area (TPSA) is 42.5 Å². The Hall–Kier alpha value is -2.30. The molecular formula is C23H29N3O. The molecule has 4 rings (SSSR count). The lowest BCUT2D eigenvalue weighted by molar-refractivity contribution is 0.253. The van der Waals surface area contributed by atoms with Gasteiger partial charge in [-0.25, -0.2) is 0 Å². The summed E-state index contributed by atoms with van der Waals surface area (Å²) in [5, 5.41) is 10.6. The number of para-hydroxylation sites is 1. The molecule has 0 atom stereocenters. The first-order chi connectivity index (χ1) is 13.3. The van der Waals surface area contributed by atoms with Crippen LogP contribution in [0.1, 0.15) is 24.0 Å². The summed E-state index contributed by atoms with van der Waals surface area (Å²) < 4.78 is 0. The van der Waals surface area contributed by atoms with Crippen molar-refractivity contribution in [3.05, 3.63) is 65.9 Å². The summed E-state index contributed by atoms with van der Waals surface area (Å²) in [7, 11) is 0. The molecule has 2 N–H and O–H groups in total. The monoisotopic (exact) mass is 363 g/mol. The van der Waals surface area contributed by atoms with Crippen molar-refractivity contribution in [3.63, 3.8) is 0 Å². The van der Waals surface area contributed by atoms with E-state index in [-0.39, 0.29) is 6.61 Å². The lowest BCUT2D eigenvalue weighted by Gasteiger charge is -2.36. The number of hydrogen-bond acceptors (Lipinski definition) is 3. The Bertz CT molecular complexity index is 850. The fraction of sp³-hybridized carbons (Fsp3) is 0.391. The van der Waals surface area contributed by atoms with Gasteiger partial charge in [0, 0.05) is 49.0 Å². The number of rotatable bonds is 7. The standard InChI is InChI=1S/C23H29N3O/c27-18-19-9-10-23-22(16-19)20(17-24-23)6-4-5-11-25-12-14-26(15-13-25)21-7-2-1-3-8-21/h1-3,7-10,16-17,24,27H,4-6,11-15,18H2.